The summed E-state index contributed by atoms with van der Waals surface area (Å²) in [7, 11) is 0. The number of piperidine rings is 1. The maximum atomic E-state index is 12.2. The lowest BCUT2D eigenvalue weighted by Gasteiger charge is -2.28. The van der Waals surface area contributed by atoms with Gasteiger partial charge >= 0.3 is 0 Å². The Kier molecular flexibility index (Phi) is 8.44. The number of carbonyl (C=O) groups is 1. The molecule has 1 aromatic rings. The lowest BCUT2D eigenvalue weighted by atomic mass is 9.84. The second kappa shape index (κ2) is 9.53. The Balaban J connectivity index is 0.00000242. The summed E-state index contributed by atoms with van der Waals surface area (Å²) in [5.41, 5.74) is 1.13. The molecule has 1 saturated heterocycles. The van der Waals surface area contributed by atoms with Gasteiger partial charge in [0.25, 0.3) is 0 Å². The van der Waals surface area contributed by atoms with E-state index in [1.807, 2.05) is 25.1 Å². The molecule has 5 heteroatoms. The van der Waals surface area contributed by atoms with Crippen LogP contribution in [0.25, 0.3) is 0 Å². The normalized spacial score (nSPS) is 18.1. The van der Waals surface area contributed by atoms with Crippen LogP contribution in [0.5, 0.6) is 0 Å². The van der Waals surface area contributed by atoms with E-state index >= 15 is 0 Å². The minimum atomic E-state index is 0. The molecule has 2 rings (SSSR count). The van der Waals surface area contributed by atoms with Crippen molar-refractivity contribution in [3.8, 4) is 0 Å². The van der Waals surface area contributed by atoms with Gasteiger partial charge in [0.05, 0.1) is 6.04 Å². The summed E-state index contributed by atoms with van der Waals surface area (Å²) in [6.07, 6.45) is 3.01. The third kappa shape index (κ3) is 5.90. The van der Waals surface area contributed by atoms with E-state index in [0.29, 0.717) is 18.3 Å². The average molecular weight is 390 g/mol. The van der Waals surface area contributed by atoms with Crippen LogP contribution in [-0.4, -0.2) is 19.0 Å². The van der Waals surface area contributed by atoms with Crippen molar-refractivity contribution in [1.29, 1.82) is 0 Å². The largest absolute Gasteiger partial charge is 0.350 e. The molecule has 2 atom stereocenters. The maximum Gasteiger partial charge on any atom is 0.220 e. The lowest BCUT2D eigenvalue weighted by Crippen LogP contribution is -2.34. The summed E-state index contributed by atoms with van der Waals surface area (Å²) >= 11 is 3.47. The zero-order valence-electron chi connectivity index (χ0n) is 13.3. The zero-order chi connectivity index (χ0) is 15.2. The molecule has 0 aromatic heterocycles. The molecule has 2 N–H and O–H groups in total. The van der Waals surface area contributed by atoms with Gasteiger partial charge in [0, 0.05) is 10.9 Å². The predicted molar refractivity (Wildman–Crippen MR) is 97.3 cm³/mol. The van der Waals surface area contributed by atoms with Gasteiger partial charge in [-0.05, 0) is 62.4 Å². The molecular weight excluding hydrogens is 364 g/mol. The van der Waals surface area contributed by atoms with Crippen LogP contribution in [0.4, 0.5) is 0 Å². The minimum Gasteiger partial charge on any atom is -0.350 e. The Morgan fingerprint density at radius 3 is 2.68 bits per heavy atom. The van der Waals surface area contributed by atoms with Crippen LogP contribution in [0.1, 0.15) is 44.7 Å². The first-order valence-corrected chi connectivity index (χ1v) is 8.61. The molecule has 0 bridgehead atoms. The predicted octanol–water partition coefficient (Wildman–Crippen LogP) is 4.07. The molecule has 1 fully saturated rings. The summed E-state index contributed by atoms with van der Waals surface area (Å²) in [6, 6.07) is 8.15. The Labute approximate surface area is 148 Å². The Morgan fingerprint density at radius 1 is 1.36 bits per heavy atom. The number of halogens is 2. The lowest BCUT2D eigenvalue weighted by molar-refractivity contribution is -0.123. The maximum absolute atomic E-state index is 12.2. The third-order valence-electron chi connectivity index (χ3n) is 4.42. The number of hydrogen-bond donors (Lipinski definition) is 2. The van der Waals surface area contributed by atoms with E-state index in [1.54, 1.807) is 0 Å². The molecule has 1 amide bonds. The number of rotatable bonds is 5. The molecule has 124 valence electrons. The average Bonchev–Trinajstić information content (AvgIpc) is 2.48. The molecule has 0 radical (unpaired) electrons. The van der Waals surface area contributed by atoms with Crippen molar-refractivity contribution in [2.45, 2.75) is 39.2 Å². The van der Waals surface area contributed by atoms with E-state index in [2.05, 4.69) is 39.6 Å². The van der Waals surface area contributed by atoms with E-state index in [9.17, 15) is 4.79 Å². The van der Waals surface area contributed by atoms with Crippen molar-refractivity contribution < 1.29 is 4.79 Å². The first-order valence-electron chi connectivity index (χ1n) is 7.82. The number of carbonyl (C=O) groups excluding carboxylic acids is 1. The second-order valence-corrected chi connectivity index (χ2v) is 7.03. The molecule has 1 aliphatic heterocycles. The molecule has 22 heavy (non-hydrogen) atoms. The molecule has 3 nitrogen and oxygen atoms in total. The van der Waals surface area contributed by atoms with Crippen LogP contribution in [0.15, 0.2) is 28.7 Å². The number of amides is 1. The molecule has 2 unspecified atom stereocenters. The summed E-state index contributed by atoms with van der Waals surface area (Å²) < 4.78 is 1.05. The van der Waals surface area contributed by atoms with Crippen LogP contribution in [-0.2, 0) is 4.79 Å². The fourth-order valence-corrected chi connectivity index (χ4v) is 3.45. The van der Waals surface area contributed by atoms with Crippen molar-refractivity contribution in [3.05, 3.63) is 34.3 Å². The van der Waals surface area contributed by atoms with Gasteiger partial charge in [-0.2, -0.15) is 0 Å². The molecule has 0 saturated carbocycles. The highest BCUT2D eigenvalue weighted by molar-refractivity contribution is 9.10. The Morgan fingerprint density at radius 2 is 2.05 bits per heavy atom. The fourth-order valence-electron chi connectivity index (χ4n) is 3.03. The molecular formula is C17H26BrClN2O. The van der Waals surface area contributed by atoms with Crippen molar-refractivity contribution >= 4 is 34.2 Å². The van der Waals surface area contributed by atoms with Crippen molar-refractivity contribution in [3.63, 3.8) is 0 Å². The van der Waals surface area contributed by atoms with Gasteiger partial charge in [-0.25, -0.2) is 0 Å². The molecule has 1 aromatic carbocycles. The SMILES string of the molecule is CC(NC(=O)CC(C)C1CCNCC1)c1cccc(Br)c1.Cl. The molecule has 0 aliphatic carbocycles. The van der Waals surface area contributed by atoms with Gasteiger partial charge in [0.1, 0.15) is 0 Å². The second-order valence-electron chi connectivity index (χ2n) is 6.11. The molecule has 1 aliphatic rings. The van der Waals surface area contributed by atoms with Crippen LogP contribution in [0.3, 0.4) is 0 Å². The fraction of sp³-hybridized carbons (Fsp3) is 0.588. The number of benzene rings is 1. The summed E-state index contributed by atoms with van der Waals surface area (Å²) in [5.74, 6) is 1.30. The standard InChI is InChI=1S/C17H25BrN2O.ClH/c1-12(14-6-8-19-9-7-14)10-17(21)20-13(2)15-4-3-5-16(18)11-15;/h3-5,11-14,19H,6-10H2,1-2H3,(H,20,21);1H. The monoisotopic (exact) mass is 388 g/mol. The van der Waals surface area contributed by atoms with Crippen molar-refractivity contribution in [2.24, 2.45) is 11.8 Å². The summed E-state index contributed by atoms with van der Waals surface area (Å²) in [6.45, 7) is 6.42. The number of hydrogen-bond acceptors (Lipinski definition) is 2. The van der Waals surface area contributed by atoms with Crippen molar-refractivity contribution in [1.82, 2.24) is 10.6 Å². The topological polar surface area (TPSA) is 41.1 Å². The number of nitrogens with one attached hydrogen (secondary N) is 2. The van der Waals surface area contributed by atoms with Crippen LogP contribution in [0.2, 0.25) is 0 Å². The van der Waals surface area contributed by atoms with Gasteiger partial charge < -0.3 is 10.6 Å². The van der Waals surface area contributed by atoms with E-state index in [-0.39, 0.29) is 24.4 Å². The Bertz CT molecular complexity index is 477. The van der Waals surface area contributed by atoms with E-state index in [4.69, 9.17) is 0 Å². The van der Waals surface area contributed by atoms with Gasteiger partial charge in [-0.15, -0.1) is 12.4 Å². The van der Waals surface area contributed by atoms with Gasteiger partial charge in [-0.1, -0.05) is 35.0 Å². The minimum absolute atomic E-state index is 0. The highest BCUT2D eigenvalue weighted by Gasteiger charge is 2.22. The van der Waals surface area contributed by atoms with Gasteiger partial charge in [0.2, 0.25) is 5.91 Å². The van der Waals surface area contributed by atoms with E-state index in [0.717, 1.165) is 23.1 Å². The highest BCUT2D eigenvalue weighted by Crippen LogP contribution is 2.25. The highest BCUT2D eigenvalue weighted by atomic mass is 79.9. The summed E-state index contributed by atoms with van der Waals surface area (Å²) in [5, 5.41) is 6.49. The first-order chi connectivity index (χ1) is 10.1. The summed E-state index contributed by atoms with van der Waals surface area (Å²) in [4.78, 5) is 12.2. The van der Waals surface area contributed by atoms with Gasteiger partial charge in [0.15, 0.2) is 0 Å². The molecule has 1 heterocycles. The van der Waals surface area contributed by atoms with E-state index < -0.39 is 0 Å². The van der Waals surface area contributed by atoms with E-state index in [1.165, 1.54) is 12.8 Å². The molecule has 0 spiro atoms. The third-order valence-corrected chi connectivity index (χ3v) is 4.92. The van der Waals surface area contributed by atoms with Crippen molar-refractivity contribution in [2.75, 3.05) is 13.1 Å². The van der Waals surface area contributed by atoms with Gasteiger partial charge in [-0.3, -0.25) is 4.79 Å². The first kappa shape index (κ1) is 19.5. The zero-order valence-corrected chi connectivity index (χ0v) is 15.7. The smallest absolute Gasteiger partial charge is 0.220 e. The quantitative estimate of drug-likeness (QED) is 0.797. The van der Waals surface area contributed by atoms with Crippen LogP contribution in [0, 0.1) is 11.8 Å². The van der Waals surface area contributed by atoms with Crippen LogP contribution >= 0.6 is 28.3 Å². The van der Waals surface area contributed by atoms with Crippen LogP contribution < -0.4 is 10.6 Å². The Hall–Kier alpha value is -0.580.